The Morgan fingerprint density at radius 1 is 1.24 bits per heavy atom. The molecule has 8 nitrogen and oxygen atoms in total. The zero-order chi connectivity index (χ0) is 20.0. The van der Waals surface area contributed by atoms with E-state index in [1.165, 1.54) is 6.34 Å². The molecule has 0 aliphatic carbocycles. The van der Waals surface area contributed by atoms with Gasteiger partial charge in [-0.2, -0.15) is 5.10 Å². The molecule has 2 aromatic heterocycles. The summed E-state index contributed by atoms with van der Waals surface area (Å²) >= 11 is 0. The largest absolute Gasteiger partial charge is 0.342 e. The Balaban J connectivity index is 1.67. The third-order valence-electron chi connectivity index (χ3n) is 6.09. The van der Waals surface area contributed by atoms with Crippen LogP contribution < -0.4 is 9.80 Å². The molecule has 0 saturated carbocycles. The van der Waals surface area contributed by atoms with Gasteiger partial charge in [0, 0.05) is 12.1 Å². The molecule has 3 aromatic rings. The summed E-state index contributed by atoms with van der Waals surface area (Å²) in [4.78, 5) is 13.3. The smallest absolute Gasteiger partial charge is 0.165 e. The molecule has 29 heavy (non-hydrogen) atoms. The Bertz CT molecular complexity index is 1090. The lowest BCUT2D eigenvalue weighted by atomic mass is 9.88. The Kier molecular flexibility index (Phi) is 3.94. The molecule has 1 aromatic carbocycles. The monoisotopic (exact) mass is 386 g/mol. The summed E-state index contributed by atoms with van der Waals surface area (Å²) in [6.45, 7) is 2.95. The Hall–Kier alpha value is -3.55. The minimum absolute atomic E-state index is 0.408. The Morgan fingerprint density at radius 3 is 2.83 bits per heavy atom. The molecule has 1 saturated heterocycles. The second kappa shape index (κ2) is 6.51. The molecular weight excluding hydrogens is 364 g/mol. The molecule has 1 atom stereocenters. The first kappa shape index (κ1) is 17.5. The summed E-state index contributed by atoms with van der Waals surface area (Å²) in [6, 6.07) is 10.0. The average Bonchev–Trinajstić information content (AvgIpc) is 3.43. The van der Waals surface area contributed by atoms with E-state index in [2.05, 4.69) is 27.0 Å². The molecule has 0 amide bonds. The van der Waals surface area contributed by atoms with Crippen LogP contribution in [0.2, 0.25) is 0 Å². The quantitative estimate of drug-likeness (QED) is 0.468. The van der Waals surface area contributed by atoms with Crippen molar-refractivity contribution in [2.24, 2.45) is 0 Å². The fourth-order valence-electron chi connectivity index (χ4n) is 4.59. The lowest BCUT2D eigenvalue weighted by molar-refractivity contribution is 0.526. The van der Waals surface area contributed by atoms with Crippen LogP contribution in [0.5, 0.6) is 0 Å². The van der Waals surface area contributed by atoms with Crippen LogP contribution in [0, 0.1) is 10.8 Å². The topological polar surface area (TPSA) is 109 Å². The van der Waals surface area contributed by atoms with Crippen LogP contribution in [0.4, 0.5) is 11.5 Å². The van der Waals surface area contributed by atoms with Crippen molar-refractivity contribution in [2.75, 3.05) is 16.3 Å². The minimum atomic E-state index is -0.408. The van der Waals surface area contributed by atoms with Crippen molar-refractivity contribution in [3.05, 3.63) is 42.7 Å². The summed E-state index contributed by atoms with van der Waals surface area (Å²) in [6.07, 6.45) is 7.37. The molecule has 0 spiro atoms. The highest BCUT2D eigenvalue weighted by Crippen LogP contribution is 2.46. The molecule has 3 N–H and O–H groups in total. The van der Waals surface area contributed by atoms with Crippen molar-refractivity contribution in [1.82, 2.24) is 20.2 Å². The van der Waals surface area contributed by atoms with Gasteiger partial charge in [-0.1, -0.05) is 37.3 Å². The van der Waals surface area contributed by atoms with Gasteiger partial charge in [0.05, 0.1) is 35.5 Å². The molecule has 1 unspecified atom stereocenters. The molecule has 4 heterocycles. The predicted octanol–water partition coefficient (Wildman–Crippen LogP) is 3.69. The van der Waals surface area contributed by atoms with Gasteiger partial charge in [0.15, 0.2) is 11.6 Å². The molecule has 8 heteroatoms. The average molecular weight is 386 g/mol. The number of aromatic amines is 1. The molecule has 1 fully saturated rings. The van der Waals surface area contributed by atoms with Crippen LogP contribution in [0.15, 0.2) is 42.7 Å². The highest BCUT2D eigenvalue weighted by molar-refractivity contribution is 6.19. The van der Waals surface area contributed by atoms with Crippen LogP contribution >= 0.6 is 0 Å². The summed E-state index contributed by atoms with van der Waals surface area (Å²) in [5, 5.41) is 23.9. The summed E-state index contributed by atoms with van der Waals surface area (Å²) in [7, 11) is 0. The number of amidine groups is 1. The maximum absolute atomic E-state index is 8.75. The SMILES string of the molecule is CCC12CCCN1c1nc(-c3cn[nH]c3-c3ccccc3)ncc1N(C=N)C2=N. The highest BCUT2D eigenvalue weighted by atomic mass is 15.4. The van der Waals surface area contributed by atoms with E-state index in [1.54, 1.807) is 17.3 Å². The predicted molar refractivity (Wildman–Crippen MR) is 114 cm³/mol. The van der Waals surface area contributed by atoms with Gasteiger partial charge in [-0.05, 0) is 19.3 Å². The van der Waals surface area contributed by atoms with Gasteiger partial charge in [0.25, 0.3) is 0 Å². The van der Waals surface area contributed by atoms with E-state index in [4.69, 9.17) is 15.8 Å². The van der Waals surface area contributed by atoms with Gasteiger partial charge < -0.3 is 4.90 Å². The minimum Gasteiger partial charge on any atom is -0.342 e. The van der Waals surface area contributed by atoms with Gasteiger partial charge in [-0.3, -0.25) is 20.8 Å². The zero-order valence-electron chi connectivity index (χ0n) is 16.2. The van der Waals surface area contributed by atoms with Gasteiger partial charge >= 0.3 is 0 Å². The van der Waals surface area contributed by atoms with Gasteiger partial charge in [0.2, 0.25) is 0 Å². The number of nitrogens with one attached hydrogen (secondary N) is 3. The van der Waals surface area contributed by atoms with E-state index in [0.29, 0.717) is 17.3 Å². The summed E-state index contributed by atoms with van der Waals surface area (Å²) < 4.78 is 0. The highest BCUT2D eigenvalue weighted by Gasteiger charge is 2.50. The number of benzene rings is 1. The third-order valence-corrected chi connectivity index (χ3v) is 6.09. The molecule has 0 bridgehead atoms. The molecule has 146 valence electrons. The first-order valence-corrected chi connectivity index (χ1v) is 9.82. The van der Waals surface area contributed by atoms with E-state index < -0.39 is 5.54 Å². The van der Waals surface area contributed by atoms with Crippen LogP contribution in [0.1, 0.15) is 26.2 Å². The number of anilines is 2. The lowest BCUT2D eigenvalue weighted by Crippen LogP contribution is -2.60. The van der Waals surface area contributed by atoms with Crippen molar-refractivity contribution >= 4 is 23.7 Å². The third kappa shape index (κ3) is 2.41. The first-order chi connectivity index (χ1) is 14.2. The summed E-state index contributed by atoms with van der Waals surface area (Å²) in [5.41, 5.74) is 3.01. The van der Waals surface area contributed by atoms with E-state index in [1.807, 2.05) is 30.3 Å². The van der Waals surface area contributed by atoms with Crippen molar-refractivity contribution in [1.29, 1.82) is 10.8 Å². The fraction of sp³-hybridized carbons (Fsp3) is 0.286. The number of H-pyrrole nitrogens is 1. The fourth-order valence-corrected chi connectivity index (χ4v) is 4.59. The molecule has 0 radical (unpaired) electrons. The standard InChI is InChI=1S/C21H22N8/c1-2-21-9-6-10-29(21)19-16(28(13-22)20(21)23)12-24-18(26-19)15-11-25-27-17(15)14-7-4-3-5-8-14/h3-5,7-8,11-13,22-23H,2,6,9-10H2,1H3,(H,25,27). The van der Waals surface area contributed by atoms with Crippen molar-refractivity contribution in [2.45, 2.75) is 31.7 Å². The van der Waals surface area contributed by atoms with Crippen LogP contribution in [-0.2, 0) is 0 Å². The van der Waals surface area contributed by atoms with Crippen molar-refractivity contribution in [3.8, 4) is 22.6 Å². The normalized spacial score (nSPS) is 20.5. The number of fused-ring (bicyclic) bond motifs is 3. The Labute approximate surface area is 168 Å². The maximum Gasteiger partial charge on any atom is 0.165 e. The number of hydrogen-bond donors (Lipinski definition) is 3. The van der Waals surface area contributed by atoms with Crippen LogP contribution in [0.25, 0.3) is 22.6 Å². The Morgan fingerprint density at radius 2 is 2.07 bits per heavy atom. The van der Waals surface area contributed by atoms with Crippen molar-refractivity contribution in [3.63, 3.8) is 0 Å². The lowest BCUT2D eigenvalue weighted by Gasteiger charge is -2.47. The van der Waals surface area contributed by atoms with Crippen molar-refractivity contribution < 1.29 is 0 Å². The van der Waals surface area contributed by atoms with E-state index >= 15 is 0 Å². The van der Waals surface area contributed by atoms with E-state index in [9.17, 15) is 0 Å². The second-order valence-corrected chi connectivity index (χ2v) is 7.42. The van der Waals surface area contributed by atoms with Crippen LogP contribution in [-0.4, -0.2) is 44.4 Å². The van der Waals surface area contributed by atoms with E-state index in [-0.39, 0.29) is 0 Å². The second-order valence-electron chi connectivity index (χ2n) is 7.42. The number of nitrogens with zero attached hydrogens (tertiary/aromatic N) is 5. The summed E-state index contributed by atoms with van der Waals surface area (Å²) in [5.74, 6) is 1.81. The van der Waals surface area contributed by atoms with Gasteiger partial charge in [-0.15, -0.1) is 0 Å². The molecular formula is C21H22N8. The number of hydrogen-bond acceptors (Lipinski definition) is 6. The first-order valence-electron chi connectivity index (χ1n) is 9.82. The van der Waals surface area contributed by atoms with E-state index in [0.717, 1.165) is 48.4 Å². The zero-order valence-corrected chi connectivity index (χ0v) is 16.2. The molecule has 2 aliphatic rings. The maximum atomic E-state index is 8.75. The van der Waals surface area contributed by atoms with Crippen LogP contribution in [0.3, 0.4) is 0 Å². The van der Waals surface area contributed by atoms with Gasteiger partial charge in [0.1, 0.15) is 11.5 Å². The molecule has 2 aliphatic heterocycles. The number of aromatic nitrogens is 4. The molecule has 5 rings (SSSR count). The number of rotatable bonds is 4. The van der Waals surface area contributed by atoms with Gasteiger partial charge in [-0.25, -0.2) is 9.97 Å².